The molecule has 0 aliphatic heterocycles. The molecular formula is C27H33N2O9P. The number of esters is 1. The van der Waals surface area contributed by atoms with E-state index in [1.54, 1.807) is 26.0 Å². The van der Waals surface area contributed by atoms with Crippen LogP contribution >= 0.6 is 8.46 Å². The molecule has 11 nitrogen and oxygen atoms in total. The number of aliphatic carboxylic acids is 1. The predicted molar refractivity (Wildman–Crippen MR) is 142 cm³/mol. The van der Waals surface area contributed by atoms with Crippen LogP contribution in [0, 0.1) is 11.8 Å². The second kappa shape index (κ2) is 15.1. The van der Waals surface area contributed by atoms with E-state index in [1.165, 1.54) is 6.92 Å². The number of nitrogens with one attached hydrogen (secondary N) is 2. The quantitative estimate of drug-likeness (QED) is 0.104. The van der Waals surface area contributed by atoms with Gasteiger partial charge >= 0.3 is 11.9 Å². The van der Waals surface area contributed by atoms with Crippen LogP contribution in [0.15, 0.2) is 54.6 Å². The van der Waals surface area contributed by atoms with Gasteiger partial charge in [-0.1, -0.05) is 68.4 Å². The van der Waals surface area contributed by atoms with Crippen molar-refractivity contribution in [3.8, 4) is 11.1 Å². The topological polar surface area (TPSA) is 168 Å². The van der Waals surface area contributed by atoms with Crippen molar-refractivity contribution in [2.24, 2.45) is 11.8 Å². The van der Waals surface area contributed by atoms with Gasteiger partial charge < -0.3 is 30.3 Å². The summed E-state index contributed by atoms with van der Waals surface area (Å²) in [4.78, 5) is 47.5. The van der Waals surface area contributed by atoms with Crippen LogP contribution in [-0.4, -0.2) is 65.3 Å². The van der Waals surface area contributed by atoms with Gasteiger partial charge in [-0.15, -0.1) is 0 Å². The molecule has 2 amide bonds. The van der Waals surface area contributed by atoms with Crippen molar-refractivity contribution in [3.05, 3.63) is 60.2 Å². The molecule has 4 atom stereocenters. The minimum Gasteiger partial charge on any atom is -0.480 e. The molecule has 0 aliphatic carbocycles. The van der Waals surface area contributed by atoms with E-state index < -0.39 is 62.4 Å². The molecule has 2 aromatic rings. The first-order chi connectivity index (χ1) is 18.5. The van der Waals surface area contributed by atoms with E-state index in [4.69, 9.17) is 9.47 Å². The summed E-state index contributed by atoms with van der Waals surface area (Å²) >= 11 is 0. The number of amides is 2. The van der Waals surface area contributed by atoms with E-state index in [1.807, 2.05) is 42.5 Å². The van der Waals surface area contributed by atoms with Gasteiger partial charge in [-0.25, -0.2) is 0 Å². The lowest BCUT2D eigenvalue weighted by Crippen LogP contribution is -2.56. The Bertz CT molecular complexity index is 1130. The minimum atomic E-state index is -2.46. The molecule has 210 valence electrons. The largest absolute Gasteiger partial charge is 0.480 e. The second-order valence-electron chi connectivity index (χ2n) is 9.18. The van der Waals surface area contributed by atoms with Gasteiger partial charge in [-0.3, -0.25) is 23.7 Å². The first-order valence-electron chi connectivity index (χ1n) is 12.2. The van der Waals surface area contributed by atoms with E-state index in [0.29, 0.717) is 12.0 Å². The first-order valence-corrected chi connectivity index (χ1v) is 13.0. The monoisotopic (exact) mass is 560 g/mol. The fraction of sp³-hybridized carbons (Fsp3) is 0.407. The number of benzene rings is 2. The maximum atomic E-state index is 13.3. The fourth-order valence-electron chi connectivity index (χ4n) is 3.69. The normalized spacial score (nSPS) is 15.0. The van der Waals surface area contributed by atoms with E-state index in [-0.39, 0.29) is 13.0 Å². The highest BCUT2D eigenvalue weighted by Crippen LogP contribution is 2.37. The third-order valence-electron chi connectivity index (χ3n) is 6.01. The van der Waals surface area contributed by atoms with E-state index in [0.717, 1.165) is 11.1 Å². The number of carbonyl (C=O) groups excluding carboxylic acids is 3. The van der Waals surface area contributed by atoms with Crippen molar-refractivity contribution in [2.45, 2.75) is 44.7 Å². The first kappa shape index (κ1) is 31.6. The molecule has 0 aromatic heterocycles. The van der Waals surface area contributed by atoms with Crippen molar-refractivity contribution < 1.29 is 43.4 Å². The molecule has 4 unspecified atom stereocenters. The molecule has 0 aliphatic rings. The molecule has 4 N–H and O–H groups in total. The van der Waals surface area contributed by atoms with Crippen LogP contribution in [0.5, 0.6) is 0 Å². The van der Waals surface area contributed by atoms with E-state index in [9.17, 15) is 34.0 Å². The van der Waals surface area contributed by atoms with E-state index in [2.05, 4.69) is 10.6 Å². The van der Waals surface area contributed by atoms with Crippen LogP contribution in [-0.2, 0) is 39.6 Å². The maximum absolute atomic E-state index is 13.3. The molecule has 39 heavy (non-hydrogen) atoms. The Hall–Kier alpha value is -3.66. The summed E-state index contributed by atoms with van der Waals surface area (Å²) in [6.45, 7) is 3.42. The number of ether oxygens (including phenoxy) is 2. The highest BCUT2D eigenvalue weighted by atomic mass is 31.1. The highest BCUT2D eigenvalue weighted by Gasteiger charge is 2.50. The summed E-state index contributed by atoms with van der Waals surface area (Å²) in [5.74, 6) is -4.77. The van der Waals surface area contributed by atoms with Gasteiger partial charge in [0.05, 0.1) is 11.8 Å². The van der Waals surface area contributed by atoms with Crippen molar-refractivity contribution in [1.82, 2.24) is 10.6 Å². The summed E-state index contributed by atoms with van der Waals surface area (Å²) in [5, 5.41) is 23.0. The summed E-state index contributed by atoms with van der Waals surface area (Å²) < 4.78 is 23.0. The number of hydrogen-bond acceptors (Lipinski definition) is 8. The second-order valence-corrected chi connectivity index (χ2v) is 10.1. The average molecular weight is 561 g/mol. The number of carboxylic acids is 1. The zero-order valence-electron chi connectivity index (χ0n) is 21.9. The van der Waals surface area contributed by atoms with Crippen LogP contribution in [0.3, 0.4) is 0 Å². The lowest BCUT2D eigenvalue weighted by molar-refractivity contribution is -0.178. The Morgan fingerprint density at radius 1 is 1.03 bits per heavy atom. The van der Waals surface area contributed by atoms with Gasteiger partial charge in [0.25, 0.3) is 0 Å². The number of rotatable bonds is 16. The van der Waals surface area contributed by atoms with Gasteiger partial charge in [0.15, 0.2) is 20.6 Å². The molecule has 0 heterocycles. The third-order valence-corrected chi connectivity index (χ3v) is 6.90. The summed E-state index contributed by atoms with van der Waals surface area (Å²) in [5.41, 5.74) is 2.45. The van der Waals surface area contributed by atoms with Gasteiger partial charge in [0, 0.05) is 6.54 Å². The molecule has 0 saturated heterocycles. The van der Waals surface area contributed by atoms with Gasteiger partial charge in [-0.05, 0) is 30.0 Å². The zero-order chi connectivity index (χ0) is 29.0. The van der Waals surface area contributed by atoms with Gasteiger partial charge in [0.1, 0.15) is 12.1 Å². The molecule has 2 aromatic carbocycles. The SMILES string of the molecule is CC(C)C(=O)OCOC(CNC=O)C(O)(P=O)C(Cc1ccc(-c2ccccc2)cc1)C(=O)NC(C)C(=O)O. The number of hydrogen-bond donors (Lipinski definition) is 4. The molecule has 0 radical (unpaired) electrons. The molecular weight excluding hydrogens is 527 g/mol. The van der Waals surface area contributed by atoms with Crippen LogP contribution in [0.1, 0.15) is 26.3 Å². The van der Waals surface area contributed by atoms with Gasteiger partial charge in [-0.2, -0.15) is 0 Å². The van der Waals surface area contributed by atoms with Crippen molar-refractivity contribution in [1.29, 1.82) is 0 Å². The zero-order valence-corrected chi connectivity index (χ0v) is 22.8. The number of carbonyl (C=O) groups is 4. The van der Waals surface area contributed by atoms with Crippen molar-refractivity contribution >= 4 is 32.7 Å². The Labute approximate surface area is 228 Å². The summed E-state index contributed by atoms with van der Waals surface area (Å²) in [6, 6.07) is 15.3. The van der Waals surface area contributed by atoms with E-state index >= 15 is 0 Å². The van der Waals surface area contributed by atoms with Crippen LogP contribution in [0.2, 0.25) is 0 Å². The van der Waals surface area contributed by atoms with Crippen LogP contribution < -0.4 is 10.6 Å². The Morgan fingerprint density at radius 2 is 1.64 bits per heavy atom. The smallest absolute Gasteiger partial charge is 0.325 e. The fourth-order valence-corrected chi connectivity index (χ4v) is 4.30. The van der Waals surface area contributed by atoms with Gasteiger partial charge in [0.2, 0.25) is 12.3 Å². The van der Waals surface area contributed by atoms with Crippen LogP contribution in [0.25, 0.3) is 11.1 Å². The van der Waals surface area contributed by atoms with Crippen LogP contribution in [0.4, 0.5) is 0 Å². The Kier molecular flexibility index (Phi) is 12.2. The lowest BCUT2D eigenvalue weighted by Gasteiger charge is -2.36. The number of carboxylic acid groups (broad SMARTS) is 1. The highest BCUT2D eigenvalue weighted by molar-refractivity contribution is 7.25. The van der Waals surface area contributed by atoms with Crippen molar-refractivity contribution in [2.75, 3.05) is 13.3 Å². The molecule has 0 spiro atoms. The molecule has 0 saturated carbocycles. The van der Waals surface area contributed by atoms with Crippen molar-refractivity contribution in [3.63, 3.8) is 0 Å². The third kappa shape index (κ3) is 8.95. The maximum Gasteiger partial charge on any atom is 0.325 e. The lowest BCUT2D eigenvalue weighted by atomic mass is 9.88. The molecule has 12 heteroatoms. The predicted octanol–water partition coefficient (Wildman–Crippen LogP) is 2.37. The number of aliphatic hydroxyl groups is 1. The molecule has 2 rings (SSSR count). The summed E-state index contributed by atoms with van der Waals surface area (Å²) in [6.07, 6.45) is -1.32. The molecule has 0 fully saturated rings. The summed E-state index contributed by atoms with van der Waals surface area (Å²) in [7, 11) is -0.938. The standard InChI is InChI=1S/C27H33N2O9P/c1-17(2)26(34)38-16-37-23(14-28-15-30)27(35,39-36)22(24(31)29-18(3)25(32)33)13-19-9-11-21(12-10-19)20-7-5-4-6-8-20/h4-12,15,17-18,22-23,35H,13-14,16H2,1-3H3,(H,28,30)(H,29,31)(H,32,33). The average Bonchev–Trinajstić information content (AvgIpc) is 2.93. The Balaban J connectivity index is 2.41. The minimum absolute atomic E-state index is 0.161. The molecule has 0 bridgehead atoms. The Morgan fingerprint density at radius 3 is 2.18 bits per heavy atom.